The first kappa shape index (κ1) is 16.9. The number of rotatable bonds is 5. The van der Waals surface area contributed by atoms with Crippen LogP contribution in [0.25, 0.3) is 17.1 Å². The summed E-state index contributed by atoms with van der Waals surface area (Å²) >= 11 is 5.86. The fourth-order valence-corrected chi connectivity index (χ4v) is 2.47. The Hall–Kier alpha value is -3.59. The van der Waals surface area contributed by atoms with Crippen molar-refractivity contribution in [3.8, 4) is 17.1 Å². The molecular weight excluding hydrogens is 372 g/mol. The number of hydrogen-bond acceptors (Lipinski definition) is 8. The van der Waals surface area contributed by atoms with Crippen LogP contribution in [-0.4, -0.2) is 36.4 Å². The van der Waals surface area contributed by atoms with Gasteiger partial charge in [-0.3, -0.25) is 0 Å². The quantitative estimate of drug-likeness (QED) is 0.484. The molecule has 0 amide bonds. The normalized spacial score (nSPS) is 10.7. The highest BCUT2D eigenvalue weighted by Crippen LogP contribution is 2.21. The lowest BCUT2D eigenvalue weighted by Crippen LogP contribution is -2.10. The van der Waals surface area contributed by atoms with Crippen LogP contribution in [0.5, 0.6) is 0 Å². The van der Waals surface area contributed by atoms with Gasteiger partial charge in [-0.2, -0.15) is 4.68 Å². The van der Waals surface area contributed by atoms with E-state index < -0.39 is 5.97 Å². The second kappa shape index (κ2) is 7.34. The number of hydrogen-bond donors (Lipinski definition) is 0. The third-order valence-corrected chi connectivity index (χ3v) is 3.86. The highest BCUT2D eigenvalue weighted by molar-refractivity contribution is 6.30. The van der Waals surface area contributed by atoms with Gasteiger partial charge in [0.25, 0.3) is 5.89 Å². The molecule has 2 heterocycles. The molecule has 0 aliphatic carbocycles. The summed E-state index contributed by atoms with van der Waals surface area (Å²) in [4.78, 5) is 12.4. The van der Waals surface area contributed by atoms with Crippen LogP contribution in [0.2, 0.25) is 5.02 Å². The summed E-state index contributed by atoms with van der Waals surface area (Å²) in [6, 6.07) is 13.8. The van der Waals surface area contributed by atoms with Crippen molar-refractivity contribution in [1.29, 1.82) is 0 Å². The molecule has 0 fully saturated rings. The zero-order chi connectivity index (χ0) is 18.6. The second-order valence-corrected chi connectivity index (χ2v) is 5.79. The second-order valence-electron chi connectivity index (χ2n) is 5.36. The zero-order valence-electron chi connectivity index (χ0n) is 13.7. The number of nitrogens with zero attached hydrogens (tertiary/aromatic N) is 6. The summed E-state index contributed by atoms with van der Waals surface area (Å²) in [7, 11) is 0. The van der Waals surface area contributed by atoms with Crippen molar-refractivity contribution < 1.29 is 13.9 Å². The first-order valence-corrected chi connectivity index (χ1v) is 8.16. The number of aromatic nitrogens is 6. The molecule has 27 heavy (non-hydrogen) atoms. The maximum absolute atomic E-state index is 12.4. The topological polar surface area (TPSA) is 109 Å². The third-order valence-electron chi connectivity index (χ3n) is 3.60. The van der Waals surface area contributed by atoms with Gasteiger partial charge in [0.15, 0.2) is 6.61 Å². The van der Waals surface area contributed by atoms with Crippen LogP contribution in [0.1, 0.15) is 16.2 Å². The van der Waals surface area contributed by atoms with Crippen molar-refractivity contribution in [2.75, 3.05) is 0 Å². The summed E-state index contributed by atoms with van der Waals surface area (Å²) in [6.07, 6.45) is 1.39. The van der Waals surface area contributed by atoms with E-state index in [1.54, 1.807) is 48.5 Å². The van der Waals surface area contributed by atoms with Gasteiger partial charge in [-0.05, 0) is 46.8 Å². The molecular formula is C17H11ClN6O3. The van der Waals surface area contributed by atoms with E-state index in [-0.39, 0.29) is 12.5 Å². The Morgan fingerprint density at radius 3 is 2.70 bits per heavy atom. The number of carbonyl (C=O) groups is 1. The Balaban J connectivity index is 1.47. The molecule has 4 aromatic rings. The molecule has 4 rings (SSSR count). The number of benzene rings is 2. The summed E-state index contributed by atoms with van der Waals surface area (Å²) in [5.41, 5.74) is 1.52. The third kappa shape index (κ3) is 3.67. The lowest BCUT2D eigenvalue weighted by Gasteiger charge is -2.07. The zero-order valence-corrected chi connectivity index (χ0v) is 14.4. The molecule has 0 atom stereocenters. The Bertz CT molecular complexity index is 1060. The van der Waals surface area contributed by atoms with Crippen molar-refractivity contribution in [2.45, 2.75) is 6.61 Å². The lowest BCUT2D eigenvalue weighted by molar-refractivity contribution is 0.0438. The van der Waals surface area contributed by atoms with Gasteiger partial charge >= 0.3 is 5.97 Å². The largest absolute Gasteiger partial charge is 0.452 e. The fourth-order valence-electron chi connectivity index (χ4n) is 2.34. The maximum atomic E-state index is 12.4. The van der Waals surface area contributed by atoms with Crippen LogP contribution in [0.3, 0.4) is 0 Å². The number of carbonyl (C=O) groups excluding carboxylic acids is 1. The molecule has 0 aliphatic rings. The van der Waals surface area contributed by atoms with E-state index in [0.717, 1.165) is 0 Å². The van der Waals surface area contributed by atoms with Gasteiger partial charge in [-0.1, -0.05) is 23.7 Å². The molecule has 0 bridgehead atoms. The van der Waals surface area contributed by atoms with Crippen LogP contribution in [0.4, 0.5) is 0 Å². The average molecular weight is 383 g/mol. The van der Waals surface area contributed by atoms with Gasteiger partial charge < -0.3 is 9.15 Å². The van der Waals surface area contributed by atoms with Crippen molar-refractivity contribution in [3.05, 3.63) is 71.3 Å². The van der Waals surface area contributed by atoms with Gasteiger partial charge in [0.1, 0.15) is 6.33 Å². The Morgan fingerprint density at radius 2 is 1.93 bits per heavy atom. The predicted octanol–water partition coefficient (Wildman–Crippen LogP) is 2.72. The van der Waals surface area contributed by atoms with Crippen LogP contribution in [-0.2, 0) is 11.3 Å². The number of tetrazole rings is 1. The summed E-state index contributed by atoms with van der Waals surface area (Å²) < 4.78 is 12.2. The summed E-state index contributed by atoms with van der Waals surface area (Å²) in [5.74, 6) is -0.0765. The molecule has 9 nitrogen and oxygen atoms in total. The van der Waals surface area contributed by atoms with Gasteiger partial charge in [0.2, 0.25) is 5.89 Å². The van der Waals surface area contributed by atoms with E-state index in [0.29, 0.717) is 27.7 Å². The maximum Gasteiger partial charge on any atom is 0.340 e. The van der Waals surface area contributed by atoms with Gasteiger partial charge in [0, 0.05) is 10.6 Å². The Kier molecular flexibility index (Phi) is 4.58. The minimum absolute atomic E-state index is 0.163. The van der Waals surface area contributed by atoms with Crippen molar-refractivity contribution in [1.82, 2.24) is 30.4 Å². The van der Waals surface area contributed by atoms with E-state index in [1.807, 2.05) is 0 Å². The Labute approximate surface area is 157 Å². The van der Waals surface area contributed by atoms with Crippen LogP contribution >= 0.6 is 11.6 Å². The van der Waals surface area contributed by atoms with Gasteiger partial charge in [0.05, 0.1) is 11.3 Å². The minimum atomic E-state index is -0.563. The fraction of sp³-hybridized carbons (Fsp3) is 0.0588. The molecule has 2 aromatic heterocycles. The first-order valence-electron chi connectivity index (χ1n) is 7.78. The van der Waals surface area contributed by atoms with Crippen molar-refractivity contribution in [3.63, 3.8) is 0 Å². The Morgan fingerprint density at radius 1 is 1.11 bits per heavy atom. The highest BCUT2D eigenvalue weighted by atomic mass is 35.5. The summed E-state index contributed by atoms with van der Waals surface area (Å²) in [6.45, 7) is -0.163. The average Bonchev–Trinajstić information content (AvgIpc) is 3.39. The smallest absolute Gasteiger partial charge is 0.340 e. The van der Waals surface area contributed by atoms with Crippen molar-refractivity contribution in [2.24, 2.45) is 0 Å². The molecule has 0 spiro atoms. The number of esters is 1. The first-order chi connectivity index (χ1) is 13.2. The molecule has 0 radical (unpaired) electrons. The molecule has 0 saturated carbocycles. The predicted molar refractivity (Wildman–Crippen MR) is 93.0 cm³/mol. The molecule has 2 aromatic carbocycles. The van der Waals surface area contributed by atoms with Gasteiger partial charge in [-0.15, -0.1) is 15.3 Å². The van der Waals surface area contributed by atoms with Crippen LogP contribution < -0.4 is 0 Å². The molecule has 10 heteroatoms. The van der Waals surface area contributed by atoms with E-state index >= 15 is 0 Å². The van der Waals surface area contributed by atoms with E-state index in [4.69, 9.17) is 20.8 Å². The monoisotopic (exact) mass is 382 g/mol. The van der Waals surface area contributed by atoms with Crippen LogP contribution in [0, 0.1) is 0 Å². The van der Waals surface area contributed by atoms with Gasteiger partial charge in [-0.25, -0.2) is 4.79 Å². The molecule has 0 unspecified atom stereocenters. The summed E-state index contributed by atoms with van der Waals surface area (Å²) in [5, 5.41) is 19.4. The lowest BCUT2D eigenvalue weighted by atomic mass is 10.2. The number of halogens is 1. The highest BCUT2D eigenvalue weighted by Gasteiger charge is 2.16. The number of para-hydroxylation sites is 1. The van der Waals surface area contributed by atoms with Crippen LogP contribution in [0.15, 0.2) is 59.3 Å². The van der Waals surface area contributed by atoms with E-state index in [2.05, 4.69) is 25.7 Å². The van der Waals surface area contributed by atoms with E-state index in [9.17, 15) is 4.79 Å². The minimum Gasteiger partial charge on any atom is -0.452 e. The molecule has 0 N–H and O–H groups in total. The number of ether oxygens (including phenoxy) is 1. The van der Waals surface area contributed by atoms with E-state index in [1.165, 1.54) is 11.0 Å². The standard InChI is InChI=1S/C17H11ClN6O3/c18-12-7-5-11(6-8-12)16-21-20-15(27-16)9-26-17(25)13-3-1-2-4-14(13)24-10-19-22-23-24/h1-8,10H,9H2. The molecule has 134 valence electrons. The van der Waals surface area contributed by atoms with Crippen molar-refractivity contribution >= 4 is 17.6 Å². The SMILES string of the molecule is O=C(OCc1nnc(-c2ccc(Cl)cc2)o1)c1ccccc1-n1cnnn1. The molecule has 0 aliphatic heterocycles. The molecule has 0 saturated heterocycles.